The number of hydrogen-bond donors (Lipinski definition) is 2. The van der Waals surface area contributed by atoms with Crippen LogP contribution in [0.3, 0.4) is 0 Å². The van der Waals surface area contributed by atoms with Crippen LogP contribution in [0, 0.1) is 0 Å². The molecule has 0 saturated carbocycles. The molecule has 1 aliphatic rings. The summed E-state index contributed by atoms with van der Waals surface area (Å²) in [6, 6.07) is 15.6. The summed E-state index contributed by atoms with van der Waals surface area (Å²) in [4.78, 5) is 30.0. The van der Waals surface area contributed by atoms with Crippen LogP contribution in [0.2, 0.25) is 0 Å². The Morgan fingerprint density at radius 1 is 1.10 bits per heavy atom. The quantitative estimate of drug-likeness (QED) is 0.521. The number of benzene rings is 2. The highest BCUT2D eigenvalue weighted by atomic mass is 16.2. The van der Waals surface area contributed by atoms with Crippen molar-refractivity contribution in [2.45, 2.75) is 6.54 Å². The Kier molecular flexibility index (Phi) is 4.60. The molecular formula is C23H20N4O2. The van der Waals surface area contributed by atoms with Crippen LogP contribution >= 0.6 is 0 Å². The van der Waals surface area contributed by atoms with E-state index in [4.69, 9.17) is 11.5 Å². The maximum Gasteiger partial charge on any atom is 0.256 e. The summed E-state index contributed by atoms with van der Waals surface area (Å²) in [5.74, 6) is -0.837. The molecule has 2 heterocycles. The zero-order chi connectivity index (χ0) is 20.5. The number of nitrogen functional groups attached to an aromatic ring is 1. The third-order valence-electron chi connectivity index (χ3n) is 5.09. The molecule has 0 bridgehead atoms. The molecular weight excluding hydrogens is 364 g/mol. The van der Waals surface area contributed by atoms with Crippen LogP contribution in [0.15, 0.2) is 73.1 Å². The molecule has 0 radical (unpaired) electrons. The van der Waals surface area contributed by atoms with Crippen molar-refractivity contribution in [2.75, 3.05) is 12.3 Å². The molecule has 0 fully saturated rings. The summed E-state index contributed by atoms with van der Waals surface area (Å²) in [6.07, 6.45) is 3.55. The number of aromatic nitrogens is 1. The van der Waals surface area contributed by atoms with E-state index in [1.54, 1.807) is 17.2 Å². The maximum atomic E-state index is 12.9. The minimum Gasteiger partial charge on any atom is -0.398 e. The van der Waals surface area contributed by atoms with E-state index < -0.39 is 5.91 Å². The lowest BCUT2D eigenvalue weighted by Crippen LogP contribution is -2.30. The second-order valence-corrected chi connectivity index (χ2v) is 7.01. The lowest BCUT2D eigenvalue weighted by Gasteiger charge is -2.16. The molecule has 0 aliphatic carbocycles. The lowest BCUT2D eigenvalue weighted by atomic mass is 9.94. The monoisotopic (exact) mass is 384 g/mol. The van der Waals surface area contributed by atoms with Gasteiger partial charge < -0.3 is 16.4 Å². The fourth-order valence-electron chi connectivity index (χ4n) is 3.61. The van der Waals surface area contributed by atoms with E-state index in [0.717, 1.165) is 27.8 Å². The Hall–Kier alpha value is -3.93. The molecule has 0 spiro atoms. The van der Waals surface area contributed by atoms with Crippen LogP contribution in [0.25, 0.3) is 22.3 Å². The normalized spacial score (nSPS) is 12.7. The van der Waals surface area contributed by atoms with Crippen LogP contribution in [0.4, 0.5) is 5.69 Å². The second kappa shape index (κ2) is 7.24. The molecule has 29 heavy (non-hydrogen) atoms. The first kappa shape index (κ1) is 18.4. The minimum absolute atomic E-state index is 0.0808. The van der Waals surface area contributed by atoms with E-state index >= 15 is 0 Å². The van der Waals surface area contributed by atoms with Crippen molar-refractivity contribution in [1.29, 1.82) is 0 Å². The average Bonchev–Trinajstić information content (AvgIpc) is 3.06. The van der Waals surface area contributed by atoms with Crippen LogP contribution in [-0.2, 0) is 11.3 Å². The van der Waals surface area contributed by atoms with Crippen molar-refractivity contribution in [3.8, 4) is 22.3 Å². The van der Waals surface area contributed by atoms with Gasteiger partial charge in [0.15, 0.2) is 0 Å². The Morgan fingerprint density at radius 2 is 1.86 bits per heavy atom. The number of fused-ring (bicyclic) bond motifs is 1. The fourth-order valence-corrected chi connectivity index (χ4v) is 3.61. The molecule has 0 atom stereocenters. The number of primary amides is 1. The predicted molar refractivity (Wildman–Crippen MR) is 113 cm³/mol. The van der Waals surface area contributed by atoms with E-state index in [2.05, 4.69) is 17.6 Å². The van der Waals surface area contributed by atoms with Crippen LogP contribution in [0.1, 0.15) is 15.9 Å². The molecule has 2 aromatic carbocycles. The largest absolute Gasteiger partial charge is 0.398 e. The van der Waals surface area contributed by atoms with Gasteiger partial charge in [0.05, 0.1) is 12.1 Å². The Labute approximate surface area is 168 Å². The zero-order valence-electron chi connectivity index (χ0n) is 15.8. The zero-order valence-corrected chi connectivity index (χ0v) is 15.8. The number of hydrogen-bond acceptors (Lipinski definition) is 4. The summed E-state index contributed by atoms with van der Waals surface area (Å²) in [5, 5.41) is 0. The molecule has 3 aromatic rings. The van der Waals surface area contributed by atoms with Crippen molar-refractivity contribution in [1.82, 2.24) is 9.88 Å². The van der Waals surface area contributed by atoms with Gasteiger partial charge in [-0.2, -0.15) is 0 Å². The van der Waals surface area contributed by atoms with Gasteiger partial charge in [-0.05, 0) is 40.5 Å². The van der Waals surface area contributed by atoms with Gasteiger partial charge in [0.2, 0.25) is 5.91 Å². The minimum atomic E-state index is -0.619. The van der Waals surface area contributed by atoms with Crippen molar-refractivity contribution in [3.63, 3.8) is 0 Å². The number of pyridine rings is 1. The third-order valence-corrected chi connectivity index (χ3v) is 5.09. The number of carbonyl (C=O) groups excluding carboxylic acids is 2. The first-order chi connectivity index (χ1) is 14.0. The lowest BCUT2D eigenvalue weighted by molar-refractivity contribution is -0.114. The van der Waals surface area contributed by atoms with Crippen molar-refractivity contribution >= 4 is 17.5 Å². The molecule has 4 N–H and O–H groups in total. The number of nitrogens with zero attached hydrogens (tertiary/aromatic N) is 2. The Morgan fingerprint density at radius 3 is 2.59 bits per heavy atom. The molecule has 4 rings (SSSR count). The Bertz CT molecular complexity index is 1140. The van der Waals surface area contributed by atoms with E-state index in [-0.39, 0.29) is 18.0 Å². The second-order valence-electron chi connectivity index (χ2n) is 7.01. The number of amides is 2. The molecule has 6 heteroatoms. The number of rotatable bonds is 5. The van der Waals surface area contributed by atoms with Gasteiger partial charge in [-0.25, -0.2) is 0 Å². The molecule has 144 valence electrons. The fraction of sp³-hybridized carbons (Fsp3) is 0.0870. The number of carbonyl (C=O) groups is 2. The standard InChI is InChI=1S/C23H20N4O2/c1-14(22(25)28)12-27-13-19-18(7-8-20(24)21(19)23(27)29)16-5-2-4-15(10-16)17-6-3-9-26-11-17/h2-11H,1,12-13,24H2,(H2,25,28). The smallest absolute Gasteiger partial charge is 0.256 e. The van der Waals surface area contributed by atoms with Gasteiger partial charge in [0.1, 0.15) is 0 Å². The Balaban J connectivity index is 1.75. The van der Waals surface area contributed by atoms with Crippen molar-refractivity contribution in [2.24, 2.45) is 5.73 Å². The topological polar surface area (TPSA) is 102 Å². The van der Waals surface area contributed by atoms with Gasteiger partial charge in [-0.1, -0.05) is 36.9 Å². The van der Waals surface area contributed by atoms with Gasteiger partial charge in [-0.15, -0.1) is 0 Å². The van der Waals surface area contributed by atoms with Gasteiger partial charge in [0, 0.05) is 35.8 Å². The summed E-state index contributed by atoms with van der Waals surface area (Å²) >= 11 is 0. The van der Waals surface area contributed by atoms with Crippen LogP contribution < -0.4 is 11.5 Å². The number of nitrogens with two attached hydrogens (primary N) is 2. The molecule has 0 saturated heterocycles. The van der Waals surface area contributed by atoms with Gasteiger partial charge >= 0.3 is 0 Å². The molecule has 1 aromatic heterocycles. The van der Waals surface area contributed by atoms with Crippen LogP contribution in [-0.4, -0.2) is 28.2 Å². The first-order valence-corrected chi connectivity index (χ1v) is 9.14. The summed E-state index contributed by atoms with van der Waals surface area (Å²) in [6.45, 7) is 4.08. The van der Waals surface area contributed by atoms with E-state index in [1.165, 1.54) is 0 Å². The molecule has 1 aliphatic heterocycles. The first-order valence-electron chi connectivity index (χ1n) is 9.14. The highest BCUT2D eigenvalue weighted by Crippen LogP contribution is 2.37. The predicted octanol–water partition coefficient (Wildman–Crippen LogP) is 3.00. The summed E-state index contributed by atoms with van der Waals surface area (Å²) in [5.41, 5.74) is 17.3. The van der Waals surface area contributed by atoms with Crippen molar-refractivity contribution < 1.29 is 9.59 Å². The molecule has 6 nitrogen and oxygen atoms in total. The highest BCUT2D eigenvalue weighted by Gasteiger charge is 2.32. The SMILES string of the molecule is C=C(CN1Cc2c(-c3cccc(-c4cccnc4)c3)ccc(N)c2C1=O)C(N)=O. The van der Waals surface area contributed by atoms with Crippen LogP contribution in [0.5, 0.6) is 0 Å². The van der Waals surface area contributed by atoms with E-state index in [9.17, 15) is 9.59 Å². The maximum absolute atomic E-state index is 12.9. The molecule has 2 amide bonds. The third kappa shape index (κ3) is 3.36. The van der Waals surface area contributed by atoms with E-state index in [1.807, 2.05) is 42.6 Å². The summed E-state index contributed by atoms with van der Waals surface area (Å²) < 4.78 is 0. The van der Waals surface area contributed by atoms with Gasteiger partial charge in [0.25, 0.3) is 5.91 Å². The van der Waals surface area contributed by atoms with Gasteiger partial charge in [-0.3, -0.25) is 14.6 Å². The summed E-state index contributed by atoms with van der Waals surface area (Å²) in [7, 11) is 0. The number of anilines is 1. The highest BCUT2D eigenvalue weighted by molar-refractivity contribution is 6.06. The molecule has 0 unspecified atom stereocenters. The van der Waals surface area contributed by atoms with E-state index in [0.29, 0.717) is 17.8 Å². The van der Waals surface area contributed by atoms with Crippen molar-refractivity contribution in [3.05, 3.63) is 84.2 Å². The average molecular weight is 384 g/mol.